The van der Waals surface area contributed by atoms with Crippen LogP contribution >= 0.6 is 15.9 Å². The molecule has 0 aliphatic carbocycles. The van der Waals surface area contributed by atoms with Crippen molar-refractivity contribution < 1.29 is 28.6 Å². The first kappa shape index (κ1) is 15.5. The van der Waals surface area contributed by atoms with Gasteiger partial charge in [0.1, 0.15) is 0 Å². The number of methoxy groups -OCH3 is 2. The molecule has 1 atom stereocenters. The average molecular weight is 357 g/mol. The normalized spacial score (nSPS) is 19.8. The number of halogens is 1. The van der Waals surface area contributed by atoms with E-state index in [1.54, 1.807) is 24.3 Å². The number of rotatable bonds is 3. The van der Waals surface area contributed by atoms with Crippen molar-refractivity contribution in [2.24, 2.45) is 0 Å². The molecular weight excluding hydrogens is 344 g/mol. The van der Waals surface area contributed by atoms with Crippen LogP contribution in [0.25, 0.3) is 0 Å². The monoisotopic (exact) mass is 356 g/mol. The zero-order valence-corrected chi connectivity index (χ0v) is 13.0. The minimum absolute atomic E-state index is 0.105. The zero-order chi connectivity index (χ0) is 15.6. The lowest BCUT2D eigenvalue weighted by atomic mass is 9.81. The lowest BCUT2D eigenvalue weighted by Gasteiger charge is -2.27. The van der Waals surface area contributed by atoms with Gasteiger partial charge in [-0.25, -0.2) is 9.59 Å². The molecule has 21 heavy (non-hydrogen) atoms. The van der Waals surface area contributed by atoms with E-state index in [4.69, 9.17) is 4.74 Å². The third kappa shape index (κ3) is 2.53. The van der Waals surface area contributed by atoms with Crippen molar-refractivity contribution >= 4 is 33.8 Å². The summed E-state index contributed by atoms with van der Waals surface area (Å²) in [5, 5.41) is 0. The third-order valence-electron chi connectivity index (χ3n) is 3.39. The molecule has 1 heterocycles. The van der Waals surface area contributed by atoms with Gasteiger partial charge in [-0.3, -0.25) is 4.79 Å². The Hall–Kier alpha value is -1.89. The first-order valence-electron chi connectivity index (χ1n) is 6.09. The van der Waals surface area contributed by atoms with E-state index in [9.17, 15) is 14.4 Å². The van der Waals surface area contributed by atoms with Crippen molar-refractivity contribution in [3.8, 4) is 0 Å². The highest BCUT2D eigenvalue weighted by molar-refractivity contribution is 9.10. The fourth-order valence-corrected chi connectivity index (χ4v) is 2.67. The molecule has 1 aliphatic heterocycles. The number of carbonyl (C=O) groups is 3. The highest BCUT2D eigenvalue weighted by Crippen LogP contribution is 2.42. The molecule has 1 aromatic rings. The Bertz CT molecular complexity index is 564. The molecule has 2 rings (SSSR count). The van der Waals surface area contributed by atoms with Crippen molar-refractivity contribution in [1.82, 2.24) is 0 Å². The van der Waals surface area contributed by atoms with Gasteiger partial charge in [0, 0.05) is 4.47 Å². The summed E-state index contributed by atoms with van der Waals surface area (Å²) >= 11 is 3.30. The fourth-order valence-electron chi connectivity index (χ4n) is 2.40. The van der Waals surface area contributed by atoms with Gasteiger partial charge in [0.05, 0.1) is 26.6 Å². The summed E-state index contributed by atoms with van der Waals surface area (Å²) in [6.45, 7) is 0. The van der Waals surface area contributed by atoms with Gasteiger partial charge < -0.3 is 14.2 Å². The molecule has 1 fully saturated rings. The smallest absolute Gasteiger partial charge is 0.363 e. The summed E-state index contributed by atoms with van der Waals surface area (Å²) < 4.78 is 15.2. The molecular formula is C14H13BrO6. The van der Waals surface area contributed by atoms with Crippen LogP contribution in [-0.2, 0) is 28.6 Å². The second-order valence-electron chi connectivity index (χ2n) is 4.50. The second kappa shape index (κ2) is 5.85. The molecule has 0 radical (unpaired) electrons. The van der Waals surface area contributed by atoms with Gasteiger partial charge in [-0.1, -0.05) is 28.1 Å². The van der Waals surface area contributed by atoms with Gasteiger partial charge in [0.2, 0.25) is 0 Å². The summed E-state index contributed by atoms with van der Waals surface area (Å²) in [5.41, 5.74) is -1.48. The van der Waals surface area contributed by atoms with Crippen molar-refractivity contribution in [2.45, 2.75) is 17.9 Å². The van der Waals surface area contributed by atoms with Crippen LogP contribution in [0.15, 0.2) is 28.7 Å². The minimum atomic E-state index is -2.09. The van der Waals surface area contributed by atoms with Gasteiger partial charge in [-0.15, -0.1) is 0 Å². The van der Waals surface area contributed by atoms with E-state index >= 15 is 0 Å². The predicted octanol–water partition coefficient (Wildman–Crippen LogP) is 1.56. The molecule has 112 valence electrons. The zero-order valence-electron chi connectivity index (χ0n) is 11.4. The van der Waals surface area contributed by atoms with Crippen LogP contribution in [0.1, 0.15) is 17.9 Å². The maximum atomic E-state index is 12.1. The Morgan fingerprint density at radius 3 is 2.19 bits per heavy atom. The van der Waals surface area contributed by atoms with E-state index in [1.807, 2.05) is 0 Å². The average Bonchev–Trinajstić information content (AvgIpc) is 2.85. The van der Waals surface area contributed by atoms with E-state index in [0.717, 1.165) is 18.7 Å². The molecule has 7 heteroatoms. The first-order chi connectivity index (χ1) is 9.95. The van der Waals surface area contributed by atoms with Crippen LogP contribution in [-0.4, -0.2) is 37.7 Å². The molecule has 6 nitrogen and oxygen atoms in total. The Kier molecular flexibility index (Phi) is 4.32. The molecule has 0 amide bonds. The molecule has 0 unspecified atom stereocenters. The Balaban J connectivity index is 2.54. The van der Waals surface area contributed by atoms with Gasteiger partial charge in [0.15, 0.2) is 0 Å². The van der Waals surface area contributed by atoms with Crippen molar-refractivity contribution in [1.29, 1.82) is 0 Å². The number of hydrogen-bond acceptors (Lipinski definition) is 6. The highest BCUT2D eigenvalue weighted by atomic mass is 79.9. The second-order valence-corrected chi connectivity index (χ2v) is 5.42. The van der Waals surface area contributed by atoms with Crippen molar-refractivity contribution in [2.75, 3.05) is 14.2 Å². The molecule has 1 aromatic carbocycles. The largest absolute Gasteiger partial charge is 0.466 e. The number of carbonyl (C=O) groups excluding carboxylic acids is 3. The highest BCUT2D eigenvalue weighted by Gasteiger charge is 2.63. The molecule has 0 spiro atoms. The van der Waals surface area contributed by atoms with Gasteiger partial charge in [-0.05, 0) is 17.7 Å². The predicted molar refractivity (Wildman–Crippen MR) is 74.4 cm³/mol. The summed E-state index contributed by atoms with van der Waals surface area (Å²) in [6, 6.07) is 6.91. The van der Waals surface area contributed by atoms with Crippen LogP contribution in [0.5, 0.6) is 0 Å². The maximum Gasteiger partial charge on any atom is 0.363 e. The number of esters is 3. The summed E-state index contributed by atoms with van der Waals surface area (Å²) in [7, 11) is 2.25. The fraction of sp³-hybridized carbons (Fsp3) is 0.357. The van der Waals surface area contributed by atoms with Crippen LogP contribution in [0.3, 0.4) is 0 Å². The Morgan fingerprint density at radius 2 is 1.71 bits per heavy atom. The van der Waals surface area contributed by atoms with Gasteiger partial charge >= 0.3 is 23.5 Å². The lowest BCUT2D eigenvalue weighted by molar-refractivity contribution is -0.187. The van der Waals surface area contributed by atoms with Crippen LogP contribution in [0.4, 0.5) is 0 Å². The van der Waals surface area contributed by atoms with E-state index in [-0.39, 0.29) is 6.42 Å². The topological polar surface area (TPSA) is 78.9 Å². The maximum absolute atomic E-state index is 12.1. The Morgan fingerprint density at radius 1 is 1.19 bits per heavy atom. The van der Waals surface area contributed by atoms with Gasteiger partial charge in [0.25, 0.3) is 0 Å². The minimum Gasteiger partial charge on any atom is -0.466 e. The molecule has 0 aromatic heterocycles. The molecule has 1 aliphatic rings. The summed E-state index contributed by atoms with van der Waals surface area (Å²) in [6.07, 6.45) is -0.105. The molecule has 0 bridgehead atoms. The molecule has 0 N–H and O–H groups in total. The lowest BCUT2D eigenvalue weighted by Crippen LogP contribution is -2.51. The SMILES string of the molecule is COC(=O)C1(C(=O)OC)OC(=O)C[C@@H]1c1ccc(Br)cc1. The third-order valence-corrected chi connectivity index (χ3v) is 3.91. The van der Waals surface area contributed by atoms with Gasteiger partial charge in [-0.2, -0.15) is 0 Å². The quantitative estimate of drug-likeness (QED) is 0.464. The van der Waals surface area contributed by atoms with Crippen molar-refractivity contribution in [3.05, 3.63) is 34.3 Å². The van der Waals surface area contributed by atoms with E-state index in [0.29, 0.717) is 5.56 Å². The summed E-state index contributed by atoms with van der Waals surface area (Å²) in [5.74, 6) is -3.35. The van der Waals surface area contributed by atoms with Crippen LogP contribution < -0.4 is 0 Å². The van der Waals surface area contributed by atoms with E-state index in [1.165, 1.54) is 0 Å². The number of benzene rings is 1. The first-order valence-corrected chi connectivity index (χ1v) is 6.89. The van der Waals surface area contributed by atoms with E-state index < -0.39 is 29.4 Å². The standard InChI is InChI=1S/C14H13BrO6/c1-19-12(17)14(13(18)20-2)10(7-11(16)21-14)8-3-5-9(15)6-4-8/h3-6,10H,7H2,1-2H3/t10-/m1/s1. The molecule has 1 saturated heterocycles. The van der Waals surface area contributed by atoms with Crippen molar-refractivity contribution in [3.63, 3.8) is 0 Å². The summed E-state index contributed by atoms with van der Waals surface area (Å²) in [4.78, 5) is 35.9. The van der Waals surface area contributed by atoms with Crippen LogP contribution in [0, 0.1) is 0 Å². The number of hydrogen-bond donors (Lipinski definition) is 0. The number of cyclic esters (lactones) is 1. The number of ether oxygens (including phenoxy) is 3. The Labute approximate surface area is 129 Å². The molecule has 0 saturated carbocycles. The van der Waals surface area contributed by atoms with Crippen LogP contribution in [0.2, 0.25) is 0 Å². The van der Waals surface area contributed by atoms with E-state index in [2.05, 4.69) is 25.4 Å².